The maximum atomic E-state index is 14.5. The van der Waals surface area contributed by atoms with E-state index in [2.05, 4.69) is 15.6 Å². The van der Waals surface area contributed by atoms with Gasteiger partial charge in [-0.15, -0.1) is 0 Å². The molecule has 2 amide bonds. The number of rotatable bonds is 6. The van der Waals surface area contributed by atoms with Gasteiger partial charge in [-0.05, 0) is 82.2 Å². The molecule has 0 saturated carbocycles. The number of pyridine rings is 1. The highest BCUT2D eigenvalue weighted by Crippen LogP contribution is 2.32. The van der Waals surface area contributed by atoms with Crippen LogP contribution in [0.25, 0.3) is 11.1 Å². The highest BCUT2D eigenvalue weighted by molar-refractivity contribution is 6.33. The minimum atomic E-state index is -0.604. The minimum Gasteiger partial charge on any atom is -0.444 e. The normalized spacial score (nSPS) is 18.7. The van der Waals surface area contributed by atoms with E-state index in [1.54, 1.807) is 11.0 Å². The second-order valence-corrected chi connectivity index (χ2v) is 11.4. The number of anilines is 2. The average Bonchev–Trinajstić information content (AvgIpc) is 2.88. The van der Waals surface area contributed by atoms with Crippen molar-refractivity contribution in [1.29, 1.82) is 0 Å². The molecule has 206 valence electrons. The highest BCUT2D eigenvalue weighted by atomic mass is 35.5. The van der Waals surface area contributed by atoms with Gasteiger partial charge in [0.15, 0.2) is 0 Å². The van der Waals surface area contributed by atoms with Crippen molar-refractivity contribution in [2.45, 2.75) is 52.1 Å². The Hall–Kier alpha value is -2.91. The Balaban J connectivity index is 1.43. The Kier molecular flexibility index (Phi) is 9.10. The van der Waals surface area contributed by atoms with E-state index in [-0.39, 0.29) is 18.3 Å². The number of piperidine rings is 1. The second-order valence-electron chi connectivity index (χ2n) is 11.0. The van der Waals surface area contributed by atoms with Crippen molar-refractivity contribution >= 4 is 35.1 Å². The molecule has 0 bridgehead atoms. The van der Waals surface area contributed by atoms with Crippen LogP contribution in [-0.4, -0.2) is 60.3 Å². The number of hydrogen-bond donors (Lipinski definition) is 2. The Morgan fingerprint density at radius 2 is 1.95 bits per heavy atom. The van der Waals surface area contributed by atoms with Gasteiger partial charge in [0.2, 0.25) is 5.91 Å². The first-order chi connectivity index (χ1) is 18.1. The van der Waals surface area contributed by atoms with E-state index in [9.17, 15) is 14.0 Å². The first-order valence-corrected chi connectivity index (χ1v) is 13.5. The van der Waals surface area contributed by atoms with Crippen LogP contribution in [0.4, 0.5) is 20.7 Å². The van der Waals surface area contributed by atoms with Gasteiger partial charge in [-0.25, -0.2) is 14.2 Å². The van der Waals surface area contributed by atoms with E-state index in [1.807, 2.05) is 26.8 Å². The van der Waals surface area contributed by atoms with Crippen LogP contribution in [0.1, 0.15) is 46.5 Å². The number of benzene rings is 1. The summed E-state index contributed by atoms with van der Waals surface area (Å²) in [5.74, 6) is -0.234. The topological polar surface area (TPSA) is 92.8 Å². The molecular formula is C28H36ClFN4O4. The lowest BCUT2D eigenvalue weighted by molar-refractivity contribution is -0.121. The summed E-state index contributed by atoms with van der Waals surface area (Å²) < 4.78 is 25.4. The van der Waals surface area contributed by atoms with Crippen LogP contribution < -0.4 is 10.6 Å². The number of ether oxygens (including phenoxy) is 2. The van der Waals surface area contributed by atoms with Crippen LogP contribution in [0.15, 0.2) is 30.5 Å². The zero-order valence-corrected chi connectivity index (χ0v) is 22.9. The molecule has 1 atom stereocenters. The zero-order valence-electron chi connectivity index (χ0n) is 22.2. The molecule has 2 aromatic rings. The summed E-state index contributed by atoms with van der Waals surface area (Å²) in [5.41, 5.74) is 1.20. The SMILES string of the molecule is CC(C)(C)OC(=O)N1CCC[C@@H](C(=O)Nc2cc(-c3cc(F)cc(NCC4CCOCC4)c3)c(Cl)cn2)C1. The molecule has 0 aliphatic carbocycles. The molecule has 38 heavy (non-hydrogen) atoms. The highest BCUT2D eigenvalue weighted by Gasteiger charge is 2.31. The fourth-order valence-corrected chi connectivity index (χ4v) is 4.91. The molecule has 2 fully saturated rings. The smallest absolute Gasteiger partial charge is 0.410 e. The van der Waals surface area contributed by atoms with Crippen molar-refractivity contribution in [3.05, 3.63) is 41.3 Å². The molecule has 1 aromatic carbocycles. The number of nitrogens with one attached hydrogen (secondary N) is 2. The Labute approximate surface area is 228 Å². The number of aromatic nitrogens is 1. The van der Waals surface area contributed by atoms with Gasteiger partial charge in [0.25, 0.3) is 0 Å². The molecule has 2 saturated heterocycles. The fraction of sp³-hybridized carbons (Fsp3) is 0.536. The number of carbonyl (C=O) groups excluding carboxylic acids is 2. The molecule has 3 heterocycles. The molecule has 2 aliphatic rings. The fourth-order valence-electron chi connectivity index (χ4n) is 4.70. The molecule has 2 aliphatic heterocycles. The third-order valence-corrected chi connectivity index (χ3v) is 7.00. The molecule has 4 rings (SSSR count). The minimum absolute atomic E-state index is 0.239. The van der Waals surface area contributed by atoms with E-state index >= 15 is 0 Å². The molecule has 0 radical (unpaired) electrons. The number of nitrogens with zero attached hydrogens (tertiary/aromatic N) is 2. The largest absolute Gasteiger partial charge is 0.444 e. The molecular weight excluding hydrogens is 511 g/mol. The summed E-state index contributed by atoms with van der Waals surface area (Å²) in [7, 11) is 0. The third-order valence-electron chi connectivity index (χ3n) is 6.70. The summed E-state index contributed by atoms with van der Waals surface area (Å²) in [6.07, 6.45) is 4.33. The maximum Gasteiger partial charge on any atom is 0.410 e. The monoisotopic (exact) mass is 546 g/mol. The summed E-state index contributed by atoms with van der Waals surface area (Å²) in [4.78, 5) is 31.4. The van der Waals surface area contributed by atoms with E-state index in [0.29, 0.717) is 53.0 Å². The van der Waals surface area contributed by atoms with E-state index in [1.165, 1.54) is 18.3 Å². The van der Waals surface area contributed by atoms with Gasteiger partial charge < -0.3 is 25.0 Å². The Bertz CT molecular complexity index is 1150. The first-order valence-electron chi connectivity index (χ1n) is 13.1. The van der Waals surface area contributed by atoms with Gasteiger partial charge in [0.1, 0.15) is 17.2 Å². The summed E-state index contributed by atoms with van der Waals surface area (Å²) in [5, 5.41) is 6.53. The number of likely N-dealkylation sites (tertiary alicyclic amines) is 1. The van der Waals surface area contributed by atoms with E-state index in [0.717, 1.165) is 32.6 Å². The lowest BCUT2D eigenvalue weighted by Crippen LogP contribution is -2.45. The van der Waals surface area contributed by atoms with Gasteiger partial charge in [-0.2, -0.15) is 0 Å². The van der Waals surface area contributed by atoms with E-state index < -0.39 is 17.6 Å². The second kappa shape index (κ2) is 12.3. The molecule has 0 spiro atoms. The molecule has 10 heteroatoms. The third kappa shape index (κ3) is 7.80. The first kappa shape index (κ1) is 28.1. The van der Waals surface area contributed by atoms with Crippen molar-refractivity contribution in [2.75, 3.05) is 43.5 Å². The van der Waals surface area contributed by atoms with Gasteiger partial charge in [0.05, 0.1) is 10.9 Å². The summed E-state index contributed by atoms with van der Waals surface area (Å²) in [6, 6.07) is 6.35. The zero-order chi connectivity index (χ0) is 27.3. The molecule has 8 nitrogen and oxygen atoms in total. The van der Waals surface area contributed by atoms with Gasteiger partial charge in [-0.3, -0.25) is 4.79 Å². The quantitative estimate of drug-likeness (QED) is 0.464. The Morgan fingerprint density at radius 3 is 2.68 bits per heavy atom. The van der Waals surface area contributed by atoms with Crippen LogP contribution in [0, 0.1) is 17.7 Å². The molecule has 2 N–H and O–H groups in total. The standard InChI is InChI=1S/C28H36ClFN4O4/c1-28(2,3)38-27(36)34-8-4-5-19(17-34)26(35)33-25-14-23(24(29)16-32-25)20-11-21(30)13-22(12-20)31-15-18-6-9-37-10-7-18/h11-14,16,18-19,31H,4-10,15,17H2,1-3H3,(H,32,33,35)/t19-/m1/s1. The number of halogens is 2. The van der Waals surface area contributed by atoms with Crippen LogP contribution in [0.3, 0.4) is 0 Å². The van der Waals surface area contributed by atoms with Gasteiger partial charge in [0, 0.05) is 50.3 Å². The lowest BCUT2D eigenvalue weighted by Gasteiger charge is -2.33. The number of hydrogen-bond acceptors (Lipinski definition) is 6. The van der Waals surface area contributed by atoms with Crippen molar-refractivity contribution < 1.29 is 23.5 Å². The number of carbonyl (C=O) groups is 2. The molecule has 1 aromatic heterocycles. The maximum absolute atomic E-state index is 14.5. The number of amides is 2. The van der Waals surface area contributed by atoms with Crippen LogP contribution >= 0.6 is 11.6 Å². The van der Waals surface area contributed by atoms with Crippen molar-refractivity contribution in [3.63, 3.8) is 0 Å². The van der Waals surface area contributed by atoms with Crippen LogP contribution in [-0.2, 0) is 14.3 Å². The van der Waals surface area contributed by atoms with E-state index in [4.69, 9.17) is 21.1 Å². The predicted octanol–water partition coefficient (Wildman–Crippen LogP) is 5.97. The van der Waals surface area contributed by atoms with Crippen LogP contribution in [0.5, 0.6) is 0 Å². The lowest BCUT2D eigenvalue weighted by atomic mass is 9.97. The average molecular weight is 547 g/mol. The van der Waals surface area contributed by atoms with Crippen molar-refractivity contribution in [2.24, 2.45) is 11.8 Å². The summed E-state index contributed by atoms with van der Waals surface area (Å²) >= 11 is 6.44. The Morgan fingerprint density at radius 1 is 1.18 bits per heavy atom. The predicted molar refractivity (Wildman–Crippen MR) is 146 cm³/mol. The van der Waals surface area contributed by atoms with Crippen molar-refractivity contribution in [3.8, 4) is 11.1 Å². The van der Waals surface area contributed by atoms with Gasteiger partial charge in [-0.1, -0.05) is 11.6 Å². The van der Waals surface area contributed by atoms with Gasteiger partial charge >= 0.3 is 6.09 Å². The molecule has 0 unspecified atom stereocenters. The van der Waals surface area contributed by atoms with Crippen LogP contribution in [0.2, 0.25) is 5.02 Å². The summed E-state index contributed by atoms with van der Waals surface area (Å²) in [6.45, 7) is 8.49. The van der Waals surface area contributed by atoms with Crippen molar-refractivity contribution in [1.82, 2.24) is 9.88 Å².